The first-order valence-electron chi connectivity index (χ1n) is 6.48. The first-order valence-corrected chi connectivity index (χ1v) is 6.86. The summed E-state index contributed by atoms with van der Waals surface area (Å²) in [5, 5.41) is 13.1. The Labute approximate surface area is 125 Å². The zero-order chi connectivity index (χ0) is 14.8. The Kier molecular flexibility index (Phi) is 4.01. The van der Waals surface area contributed by atoms with E-state index in [0.29, 0.717) is 10.6 Å². The van der Waals surface area contributed by atoms with Gasteiger partial charge in [-0.05, 0) is 35.2 Å². The van der Waals surface area contributed by atoms with Crippen molar-refractivity contribution >= 4 is 23.0 Å². The second-order valence-corrected chi connectivity index (χ2v) is 6.16. The molecule has 0 aromatic heterocycles. The molecule has 0 fully saturated rings. The average molecular weight is 285 g/mol. The van der Waals surface area contributed by atoms with Gasteiger partial charge in [-0.15, -0.1) is 0 Å². The second kappa shape index (κ2) is 5.56. The van der Waals surface area contributed by atoms with E-state index in [-0.39, 0.29) is 5.41 Å². The summed E-state index contributed by atoms with van der Waals surface area (Å²) in [5.41, 5.74) is 3.57. The van der Waals surface area contributed by atoms with Gasteiger partial charge >= 0.3 is 0 Å². The molecule has 0 saturated carbocycles. The SMILES string of the molecule is CC(C)(C)c1ccccc1Nc1ccc(Cl)cc1C#N. The van der Waals surface area contributed by atoms with Crippen LogP contribution < -0.4 is 5.32 Å². The maximum absolute atomic E-state index is 9.20. The van der Waals surface area contributed by atoms with Crippen LogP contribution in [0, 0.1) is 11.3 Å². The molecule has 3 heteroatoms. The molecule has 0 aliphatic carbocycles. The van der Waals surface area contributed by atoms with Gasteiger partial charge in [0.25, 0.3) is 0 Å². The van der Waals surface area contributed by atoms with Crippen LogP contribution in [0.1, 0.15) is 31.9 Å². The highest BCUT2D eigenvalue weighted by Gasteiger charge is 2.17. The van der Waals surface area contributed by atoms with Gasteiger partial charge < -0.3 is 5.32 Å². The van der Waals surface area contributed by atoms with E-state index in [1.807, 2.05) is 24.3 Å². The Balaban J connectivity index is 2.44. The van der Waals surface area contributed by atoms with Crippen LogP contribution in [0.5, 0.6) is 0 Å². The molecule has 2 nitrogen and oxygen atoms in total. The maximum Gasteiger partial charge on any atom is 0.101 e. The summed E-state index contributed by atoms with van der Waals surface area (Å²) in [6.45, 7) is 6.50. The third kappa shape index (κ3) is 3.12. The largest absolute Gasteiger partial charge is 0.354 e. The average Bonchev–Trinajstić information content (AvgIpc) is 2.40. The van der Waals surface area contributed by atoms with Crippen LogP contribution in [0.25, 0.3) is 0 Å². The third-order valence-electron chi connectivity index (χ3n) is 3.11. The molecule has 0 aliphatic rings. The Morgan fingerprint density at radius 2 is 1.75 bits per heavy atom. The van der Waals surface area contributed by atoms with E-state index in [0.717, 1.165) is 11.4 Å². The lowest BCUT2D eigenvalue weighted by atomic mass is 9.85. The van der Waals surface area contributed by atoms with Crippen molar-refractivity contribution < 1.29 is 0 Å². The number of halogens is 1. The van der Waals surface area contributed by atoms with Gasteiger partial charge in [0.05, 0.1) is 11.3 Å². The first-order chi connectivity index (χ1) is 9.41. The fourth-order valence-electron chi connectivity index (χ4n) is 2.11. The Morgan fingerprint density at radius 3 is 2.40 bits per heavy atom. The zero-order valence-corrected chi connectivity index (χ0v) is 12.6. The molecule has 0 heterocycles. The molecule has 0 saturated heterocycles. The summed E-state index contributed by atoms with van der Waals surface area (Å²) in [4.78, 5) is 0. The normalized spacial score (nSPS) is 10.9. The number of hydrogen-bond acceptors (Lipinski definition) is 2. The van der Waals surface area contributed by atoms with E-state index in [2.05, 4.69) is 38.2 Å². The van der Waals surface area contributed by atoms with Gasteiger partial charge in [0.15, 0.2) is 0 Å². The number of benzene rings is 2. The summed E-state index contributed by atoms with van der Waals surface area (Å²) < 4.78 is 0. The van der Waals surface area contributed by atoms with Gasteiger partial charge in [0, 0.05) is 10.7 Å². The van der Waals surface area contributed by atoms with E-state index in [1.54, 1.807) is 12.1 Å². The van der Waals surface area contributed by atoms with Crippen LogP contribution in [-0.4, -0.2) is 0 Å². The summed E-state index contributed by atoms with van der Waals surface area (Å²) >= 11 is 5.92. The van der Waals surface area contributed by atoms with E-state index in [4.69, 9.17) is 11.6 Å². The predicted octanol–water partition coefficient (Wildman–Crippen LogP) is 5.25. The maximum atomic E-state index is 9.20. The van der Waals surface area contributed by atoms with E-state index < -0.39 is 0 Å². The Morgan fingerprint density at radius 1 is 1.05 bits per heavy atom. The second-order valence-electron chi connectivity index (χ2n) is 5.72. The quantitative estimate of drug-likeness (QED) is 0.817. The lowest BCUT2D eigenvalue weighted by Crippen LogP contribution is -2.13. The molecule has 2 rings (SSSR count). The molecule has 102 valence electrons. The molecule has 2 aromatic rings. The molecule has 0 atom stereocenters. The van der Waals surface area contributed by atoms with Crippen molar-refractivity contribution in [1.82, 2.24) is 0 Å². The molecule has 1 N–H and O–H groups in total. The molecule has 0 spiro atoms. The molecule has 0 unspecified atom stereocenters. The molecule has 2 aromatic carbocycles. The van der Waals surface area contributed by atoms with Gasteiger partial charge in [0.2, 0.25) is 0 Å². The molecule has 20 heavy (non-hydrogen) atoms. The minimum atomic E-state index is 0.0306. The molecule has 0 radical (unpaired) electrons. The number of hydrogen-bond donors (Lipinski definition) is 1. The van der Waals surface area contributed by atoms with E-state index in [1.165, 1.54) is 5.56 Å². The summed E-state index contributed by atoms with van der Waals surface area (Å²) in [6, 6.07) is 15.6. The lowest BCUT2D eigenvalue weighted by molar-refractivity contribution is 0.592. The van der Waals surface area contributed by atoms with E-state index in [9.17, 15) is 5.26 Å². The van der Waals surface area contributed by atoms with Gasteiger partial charge in [-0.2, -0.15) is 5.26 Å². The van der Waals surface area contributed by atoms with Crippen LogP contribution in [-0.2, 0) is 5.41 Å². The van der Waals surface area contributed by atoms with Crippen molar-refractivity contribution in [3.05, 3.63) is 58.6 Å². The highest BCUT2D eigenvalue weighted by Crippen LogP contribution is 2.32. The number of nitriles is 1. The monoisotopic (exact) mass is 284 g/mol. The summed E-state index contributed by atoms with van der Waals surface area (Å²) in [5.74, 6) is 0. The van der Waals surface area contributed by atoms with Crippen LogP contribution in [0.2, 0.25) is 5.02 Å². The van der Waals surface area contributed by atoms with Crippen molar-refractivity contribution in [1.29, 1.82) is 5.26 Å². The molecule has 0 bridgehead atoms. The van der Waals surface area contributed by atoms with Crippen molar-refractivity contribution in [2.45, 2.75) is 26.2 Å². The van der Waals surface area contributed by atoms with Gasteiger partial charge in [-0.25, -0.2) is 0 Å². The summed E-state index contributed by atoms with van der Waals surface area (Å²) in [7, 11) is 0. The van der Waals surface area contributed by atoms with Crippen LogP contribution in [0.3, 0.4) is 0 Å². The zero-order valence-electron chi connectivity index (χ0n) is 11.9. The fourth-order valence-corrected chi connectivity index (χ4v) is 2.28. The number of rotatable bonds is 2. The van der Waals surface area contributed by atoms with Crippen molar-refractivity contribution in [3.8, 4) is 6.07 Å². The highest BCUT2D eigenvalue weighted by molar-refractivity contribution is 6.30. The molecular formula is C17H17ClN2. The molecule has 0 amide bonds. The highest BCUT2D eigenvalue weighted by atomic mass is 35.5. The summed E-state index contributed by atoms with van der Waals surface area (Å²) in [6.07, 6.45) is 0. The van der Waals surface area contributed by atoms with Crippen LogP contribution in [0.15, 0.2) is 42.5 Å². The number of para-hydroxylation sites is 1. The van der Waals surface area contributed by atoms with Crippen molar-refractivity contribution in [2.75, 3.05) is 5.32 Å². The number of nitrogens with one attached hydrogen (secondary N) is 1. The van der Waals surface area contributed by atoms with Gasteiger partial charge in [-0.3, -0.25) is 0 Å². The van der Waals surface area contributed by atoms with Gasteiger partial charge in [-0.1, -0.05) is 50.6 Å². The fraction of sp³-hybridized carbons (Fsp3) is 0.235. The topological polar surface area (TPSA) is 35.8 Å². The van der Waals surface area contributed by atoms with E-state index >= 15 is 0 Å². The van der Waals surface area contributed by atoms with Crippen LogP contribution in [0.4, 0.5) is 11.4 Å². The number of nitrogens with zero attached hydrogens (tertiary/aromatic N) is 1. The van der Waals surface area contributed by atoms with Gasteiger partial charge in [0.1, 0.15) is 6.07 Å². The minimum Gasteiger partial charge on any atom is -0.354 e. The lowest BCUT2D eigenvalue weighted by Gasteiger charge is -2.23. The number of anilines is 2. The first kappa shape index (κ1) is 14.4. The molecular weight excluding hydrogens is 268 g/mol. The predicted molar refractivity (Wildman–Crippen MR) is 84.6 cm³/mol. The Bertz CT molecular complexity index is 663. The molecule has 0 aliphatic heterocycles. The standard InChI is InChI=1S/C17H17ClN2/c1-17(2,3)14-6-4-5-7-16(14)20-15-9-8-13(18)10-12(15)11-19/h4-10,20H,1-3H3. The third-order valence-corrected chi connectivity index (χ3v) is 3.34. The van der Waals surface area contributed by atoms with Crippen molar-refractivity contribution in [2.24, 2.45) is 0 Å². The minimum absolute atomic E-state index is 0.0306. The van der Waals surface area contributed by atoms with Crippen LogP contribution >= 0.6 is 11.6 Å². The Hall–Kier alpha value is -1.98. The van der Waals surface area contributed by atoms with Crippen molar-refractivity contribution in [3.63, 3.8) is 0 Å². The smallest absolute Gasteiger partial charge is 0.101 e.